The number of hydrogen-bond acceptors (Lipinski definition) is 4. The van der Waals surface area contributed by atoms with Gasteiger partial charge >= 0.3 is 0 Å². The summed E-state index contributed by atoms with van der Waals surface area (Å²) >= 11 is 7.51. The van der Waals surface area contributed by atoms with E-state index in [4.69, 9.17) is 11.6 Å². The number of rotatable bonds is 4. The lowest BCUT2D eigenvalue weighted by molar-refractivity contribution is 0.979. The summed E-state index contributed by atoms with van der Waals surface area (Å²) in [6, 6.07) is 0. The third kappa shape index (κ3) is 3.35. The predicted octanol–water partition coefficient (Wildman–Crippen LogP) is 2.60. The van der Waals surface area contributed by atoms with Crippen LogP contribution in [0.25, 0.3) is 0 Å². The van der Waals surface area contributed by atoms with Crippen LogP contribution in [-0.4, -0.2) is 28.0 Å². The third-order valence-electron chi connectivity index (χ3n) is 1.90. The second-order valence-corrected chi connectivity index (χ2v) is 4.71. The Labute approximate surface area is 93.7 Å². The molecular weight excluding hydrogens is 218 g/mol. The summed E-state index contributed by atoms with van der Waals surface area (Å²) in [5.74, 6) is 0.825. The summed E-state index contributed by atoms with van der Waals surface area (Å²) in [6.45, 7) is 5.01. The van der Waals surface area contributed by atoms with Gasteiger partial charge in [-0.25, -0.2) is 9.97 Å². The molecule has 1 aromatic heterocycles. The van der Waals surface area contributed by atoms with Crippen LogP contribution in [0.3, 0.4) is 0 Å². The summed E-state index contributed by atoms with van der Waals surface area (Å²) in [4.78, 5) is 8.01. The molecule has 1 heterocycles. The number of thioether (sulfide) groups is 1. The zero-order chi connectivity index (χ0) is 10.6. The van der Waals surface area contributed by atoms with Crippen molar-refractivity contribution in [2.45, 2.75) is 19.1 Å². The van der Waals surface area contributed by atoms with Crippen molar-refractivity contribution >= 4 is 29.2 Å². The first kappa shape index (κ1) is 11.6. The highest BCUT2D eigenvalue weighted by atomic mass is 35.5. The van der Waals surface area contributed by atoms with E-state index in [2.05, 4.69) is 28.5 Å². The largest absolute Gasteiger partial charge is 0.369 e. The van der Waals surface area contributed by atoms with Crippen LogP contribution < -0.4 is 5.32 Å². The average Bonchev–Trinajstić information content (AvgIpc) is 2.19. The van der Waals surface area contributed by atoms with Crippen LogP contribution in [0.4, 0.5) is 5.82 Å². The Bertz CT molecular complexity index is 306. The topological polar surface area (TPSA) is 37.8 Å². The van der Waals surface area contributed by atoms with Gasteiger partial charge in [0.05, 0.1) is 0 Å². The average molecular weight is 232 g/mol. The zero-order valence-electron chi connectivity index (χ0n) is 8.54. The molecule has 5 heteroatoms. The van der Waals surface area contributed by atoms with E-state index in [0.29, 0.717) is 5.25 Å². The first-order valence-corrected chi connectivity index (χ1v) is 6.06. The van der Waals surface area contributed by atoms with Crippen LogP contribution in [0.2, 0.25) is 5.28 Å². The van der Waals surface area contributed by atoms with E-state index in [1.165, 1.54) is 0 Å². The fourth-order valence-electron chi connectivity index (χ4n) is 0.923. The first-order valence-electron chi connectivity index (χ1n) is 4.39. The zero-order valence-corrected chi connectivity index (χ0v) is 10.1. The second-order valence-electron chi connectivity index (χ2n) is 3.10. The molecule has 1 N–H and O–H groups in total. The number of anilines is 1. The molecule has 1 unspecified atom stereocenters. The number of aryl methyl sites for hydroxylation is 1. The fraction of sp³-hybridized carbons (Fsp3) is 0.556. The number of aromatic nitrogens is 2. The predicted molar refractivity (Wildman–Crippen MR) is 63.2 cm³/mol. The van der Waals surface area contributed by atoms with E-state index >= 15 is 0 Å². The second kappa shape index (κ2) is 5.41. The summed E-state index contributed by atoms with van der Waals surface area (Å²) in [7, 11) is 0. The van der Waals surface area contributed by atoms with Gasteiger partial charge in [-0.15, -0.1) is 0 Å². The molecule has 1 atom stereocenters. The molecule has 0 spiro atoms. The van der Waals surface area contributed by atoms with Gasteiger partial charge < -0.3 is 5.32 Å². The number of halogens is 1. The van der Waals surface area contributed by atoms with E-state index in [1.807, 2.05) is 18.7 Å². The van der Waals surface area contributed by atoms with Crippen LogP contribution in [0.5, 0.6) is 0 Å². The molecule has 78 valence electrons. The highest BCUT2D eigenvalue weighted by Gasteiger charge is 2.03. The first-order chi connectivity index (χ1) is 6.63. The van der Waals surface area contributed by atoms with Crippen molar-refractivity contribution in [2.75, 3.05) is 18.1 Å². The van der Waals surface area contributed by atoms with Gasteiger partial charge in [0.2, 0.25) is 5.28 Å². The minimum atomic E-state index is 0.287. The van der Waals surface area contributed by atoms with Crippen molar-refractivity contribution in [3.8, 4) is 0 Å². The summed E-state index contributed by atoms with van der Waals surface area (Å²) in [6.07, 6.45) is 3.81. The number of nitrogens with one attached hydrogen (secondary N) is 1. The van der Waals surface area contributed by atoms with Gasteiger partial charge in [-0.2, -0.15) is 11.8 Å². The SMILES string of the molecule is CSC(C)CNc1nc(Cl)ncc1C. The van der Waals surface area contributed by atoms with E-state index in [1.54, 1.807) is 6.20 Å². The van der Waals surface area contributed by atoms with Gasteiger partial charge in [-0.05, 0) is 24.8 Å². The van der Waals surface area contributed by atoms with Gasteiger partial charge in [-0.1, -0.05) is 6.92 Å². The summed E-state index contributed by atoms with van der Waals surface area (Å²) < 4.78 is 0. The number of nitrogens with zero attached hydrogens (tertiary/aromatic N) is 2. The Morgan fingerprint density at radius 3 is 3.00 bits per heavy atom. The van der Waals surface area contributed by atoms with Crippen molar-refractivity contribution in [3.05, 3.63) is 17.0 Å². The molecule has 0 fully saturated rings. The molecule has 0 radical (unpaired) electrons. The van der Waals surface area contributed by atoms with E-state index in [0.717, 1.165) is 17.9 Å². The molecule has 0 aliphatic carbocycles. The monoisotopic (exact) mass is 231 g/mol. The molecule has 0 amide bonds. The normalized spacial score (nSPS) is 12.6. The third-order valence-corrected chi connectivity index (χ3v) is 3.06. The van der Waals surface area contributed by atoms with Crippen molar-refractivity contribution in [3.63, 3.8) is 0 Å². The maximum Gasteiger partial charge on any atom is 0.224 e. The minimum absolute atomic E-state index is 0.287. The molecule has 0 aromatic carbocycles. The van der Waals surface area contributed by atoms with Crippen molar-refractivity contribution in [2.24, 2.45) is 0 Å². The lowest BCUT2D eigenvalue weighted by Crippen LogP contribution is -2.14. The fourth-order valence-corrected chi connectivity index (χ4v) is 1.31. The van der Waals surface area contributed by atoms with Crippen LogP contribution >= 0.6 is 23.4 Å². The van der Waals surface area contributed by atoms with Crippen LogP contribution in [0, 0.1) is 6.92 Å². The molecule has 0 aliphatic heterocycles. The van der Waals surface area contributed by atoms with Gasteiger partial charge in [0.25, 0.3) is 0 Å². The van der Waals surface area contributed by atoms with Crippen molar-refractivity contribution in [1.82, 2.24) is 9.97 Å². The van der Waals surface area contributed by atoms with Crippen LogP contribution in [0.15, 0.2) is 6.20 Å². The number of hydrogen-bond donors (Lipinski definition) is 1. The minimum Gasteiger partial charge on any atom is -0.369 e. The van der Waals surface area contributed by atoms with E-state index in [-0.39, 0.29) is 5.28 Å². The highest BCUT2D eigenvalue weighted by molar-refractivity contribution is 7.99. The summed E-state index contributed by atoms with van der Waals surface area (Å²) in [5, 5.41) is 4.09. The Kier molecular flexibility index (Phi) is 4.48. The Balaban J connectivity index is 2.62. The smallest absolute Gasteiger partial charge is 0.224 e. The Morgan fingerprint density at radius 2 is 2.36 bits per heavy atom. The van der Waals surface area contributed by atoms with Gasteiger partial charge in [-0.3, -0.25) is 0 Å². The van der Waals surface area contributed by atoms with E-state index < -0.39 is 0 Å². The molecule has 3 nitrogen and oxygen atoms in total. The van der Waals surface area contributed by atoms with Gasteiger partial charge in [0, 0.05) is 23.6 Å². The van der Waals surface area contributed by atoms with E-state index in [9.17, 15) is 0 Å². The molecular formula is C9H14ClN3S. The molecule has 0 aliphatic rings. The van der Waals surface area contributed by atoms with Crippen LogP contribution in [-0.2, 0) is 0 Å². The molecule has 1 aromatic rings. The Morgan fingerprint density at radius 1 is 1.64 bits per heavy atom. The molecule has 0 saturated carbocycles. The highest BCUT2D eigenvalue weighted by Crippen LogP contribution is 2.14. The lowest BCUT2D eigenvalue weighted by atomic mass is 10.3. The van der Waals surface area contributed by atoms with Gasteiger partial charge in [0.15, 0.2) is 0 Å². The standard InChI is InChI=1S/C9H14ClN3S/c1-6-4-12-9(10)13-8(6)11-5-7(2)14-3/h4,7H,5H2,1-3H3,(H,11,12,13). The van der Waals surface area contributed by atoms with Crippen molar-refractivity contribution in [1.29, 1.82) is 0 Å². The van der Waals surface area contributed by atoms with Gasteiger partial charge in [0.1, 0.15) is 5.82 Å². The molecule has 14 heavy (non-hydrogen) atoms. The maximum absolute atomic E-state index is 5.70. The molecule has 0 saturated heterocycles. The maximum atomic E-state index is 5.70. The lowest BCUT2D eigenvalue weighted by Gasteiger charge is -2.11. The summed E-state index contributed by atoms with van der Waals surface area (Å²) in [5.41, 5.74) is 1.02. The van der Waals surface area contributed by atoms with Crippen molar-refractivity contribution < 1.29 is 0 Å². The molecule has 1 rings (SSSR count). The van der Waals surface area contributed by atoms with Crippen LogP contribution in [0.1, 0.15) is 12.5 Å². The quantitative estimate of drug-likeness (QED) is 0.809. The molecule has 0 bridgehead atoms. The Hall–Kier alpha value is -0.480.